The maximum atomic E-state index is 12.4. The monoisotopic (exact) mass is 379 g/mol. The van der Waals surface area contributed by atoms with Crippen LogP contribution in [0.5, 0.6) is 5.75 Å². The molecule has 1 atom stereocenters. The number of fused-ring (bicyclic) bond motifs is 1. The number of sulfonamides is 1. The van der Waals surface area contributed by atoms with E-state index in [-0.39, 0.29) is 18.4 Å². The lowest BCUT2D eigenvalue weighted by Gasteiger charge is -2.21. The quantitative estimate of drug-likeness (QED) is 0.747. The van der Waals surface area contributed by atoms with Crippen LogP contribution in [-0.2, 0) is 16.4 Å². The van der Waals surface area contributed by atoms with E-state index in [1.54, 1.807) is 42.5 Å². The van der Waals surface area contributed by atoms with E-state index in [9.17, 15) is 13.2 Å². The van der Waals surface area contributed by atoms with Gasteiger partial charge in [-0.1, -0.05) is 23.7 Å². The maximum absolute atomic E-state index is 12.4. The Kier molecular flexibility index (Phi) is 4.75. The van der Waals surface area contributed by atoms with E-state index < -0.39 is 10.0 Å². The lowest BCUT2D eigenvalue weighted by molar-refractivity contribution is 0.0921. The fourth-order valence-corrected chi connectivity index (χ4v) is 4.52. The van der Waals surface area contributed by atoms with Crippen LogP contribution >= 0.6 is 11.6 Å². The topological polar surface area (TPSA) is 63.7 Å². The third-order valence-corrected chi connectivity index (χ3v) is 5.69. The van der Waals surface area contributed by atoms with Crippen LogP contribution in [0.25, 0.3) is 0 Å². The fourth-order valence-electron chi connectivity index (χ4n) is 3.07. The summed E-state index contributed by atoms with van der Waals surface area (Å²) >= 11 is 6.01. The molecule has 0 aromatic heterocycles. The Labute approximate surface area is 152 Å². The molecular weight excluding hydrogens is 362 g/mol. The van der Waals surface area contributed by atoms with E-state index >= 15 is 0 Å². The second-order valence-corrected chi connectivity index (χ2v) is 8.36. The van der Waals surface area contributed by atoms with Crippen molar-refractivity contribution in [2.45, 2.75) is 19.4 Å². The van der Waals surface area contributed by atoms with Crippen LogP contribution in [0.1, 0.15) is 22.8 Å². The highest BCUT2D eigenvalue weighted by atomic mass is 35.5. The summed E-state index contributed by atoms with van der Waals surface area (Å²) in [6.45, 7) is 1.72. The maximum Gasteiger partial charge on any atom is 0.232 e. The van der Waals surface area contributed by atoms with E-state index in [1.807, 2.05) is 6.92 Å². The molecular formula is C18H18ClNO4S. The average molecular weight is 380 g/mol. The van der Waals surface area contributed by atoms with Gasteiger partial charge in [-0.15, -0.1) is 0 Å². The Balaban J connectivity index is 1.78. The number of nitrogens with zero attached hydrogens (tertiary/aromatic N) is 1. The first-order valence-electron chi connectivity index (χ1n) is 7.80. The summed E-state index contributed by atoms with van der Waals surface area (Å²) < 4.78 is 30.8. The summed E-state index contributed by atoms with van der Waals surface area (Å²) in [5, 5.41) is 0.446. The molecule has 132 valence electrons. The van der Waals surface area contributed by atoms with Gasteiger partial charge in [-0.05, 0) is 49.2 Å². The van der Waals surface area contributed by atoms with Gasteiger partial charge in [-0.3, -0.25) is 9.10 Å². The fraction of sp³-hybridized carbons (Fsp3) is 0.278. The average Bonchev–Trinajstić information content (AvgIpc) is 2.88. The zero-order chi connectivity index (χ0) is 18.2. The van der Waals surface area contributed by atoms with Crippen molar-refractivity contribution in [3.8, 4) is 5.75 Å². The van der Waals surface area contributed by atoms with E-state index in [2.05, 4.69) is 0 Å². The van der Waals surface area contributed by atoms with Crippen LogP contribution in [0, 0.1) is 0 Å². The molecule has 0 aliphatic carbocycles. The molecule has 0 radical (unpaired) electrons. The van der Waals surface area contributed by atoms with Crippen LogP contribution in [-0.4, -0.2) is 33.1 Å². The van der Waals surface area contributed by atoms with Gasteiger partial charge in [0.1, 0.15) is 5.75 Å². The van der Waals surface area contributed by atoms with E-state index in [1.165, 1.54) is 10.6 Å². The van der Waals surface area contributed by atoms with Crippen molar-refractivity contribution < 1.29 is 17.9 Å². The van der Waals surface area contributed by atoms with Crippen LogP contribution in [0.4, 0.5) is 5.69 Å². The van der Waals surface area contributed by atoms with Gasteiger partial charge in [0.25, 0.3) is 0 Å². The van der Waals surface area contributed by atoms with Crippen LogP contribution < -0.4 is 9.04 Å². The third-order valence-electron chi connectivity index (χ3n) is 4.11. The Morgan fingerprint density at radius 3 is 2.68 bits per heavy atom. The number of rotatable bonds is 5. The Hall–Kier alpha value is -2.05. The van der Waals surface area contributed by atoms with Crippen molar-refractivity contribution in [2.24, 2.45) is 0 Å². The summed E-state index contributed by atoms with van der Waals surface area (Å²) in [5.41, 5.74) is 1.98. The molecule has 0 unspecified atom stereocenters. The predicted molar refractivity (Wildman–Crippen MR) is 98.2 cm³/mol. The first kappa shape index (κ1) is 17.8. The van der Waals surface area contributed by atoms with Gasteiger partial charge < -0.3 is 4.74 Å². The third kappa shape index (κ3) is 3.65. The standard InChI is InChI=1S/C18H18ClNO4S/c1-12-9-14-10-13(7-8-16(14)20(12)25(2,22)23)17(21)11-24-18-6-4-3-5-15(18)19/h3-8,10,12H,9,11H2,1-2H3/t12-/m1/s1. The molecule has 1 aliphatic heterocycles. The Morgan fingerprint density at radius 2 is 2.00 bits per heavy atom. The number of benzene rings is 2. The predicted octanol–water partition coefficient (Wildman–Crippen LogP) is 3.31. The smallest absolute Gasteiger partial charge is 0.232 e. The van der Waals surface area contributed by atoms with Gasteiger partial charge in [-0.2, -0.15) is 0 Å². The van der Waals surface area contributed by atoms with Crippen LogP contribution in [0.15, 0.2) is 42.5 Å². The summed E-state index contributed by atoms with van der Waals surface area (Å²) in [6, 6.07) is 11.9. The Bertz CT molecular complexity index is 926. The molecule has 0 fully saturated rings. The molecule has 0 saturated carbocycles. The first-order chi connectivity index (χ1) is 11.8. The normalized spacial score (nSPS) is 16.6. The number of halogens is 1. The second kappa shape index (κ2) is 6.69. The zero-order valence-electron chi connectivity index (χ0n) is 13.9. The number of hydrogen-bond acceptors (Lipinski definition) is 4. The number of anilines is 1. The number of Topliss-reactive ketones (excluding diaryl/α,β-unsaturated/α-hetero) is 1. The van der Waals surface area contributed by atoms with Gasteiger partial charge in [-0.25, -0.2) is 8.42 Å². The van der Waals surface area contributed by atoms with Gasteiger partial charge >= 0.3 is 0 Å². The van der Waals surface area contributed by atoms with E-state index in [4.69, 9.17) is 16.3 Å². The summed E-state index contributed by atoms with van der Waals surface area (Å²) in [6.07, 6.45) is 1.77. The Morgan fingerprint density at radius 1 is 1.28 bits per heavy atom. The molecule has 7 heteroatoms. The summed E-state index contributed by atoms with van der Waals surface area (Å²) in [7, 11) is -3.34. The van der Waals surface area contributed by atoms with Gasteiger partial charge in [0, 0.05) is 11.6 Å². The zero-order valence-corrected chi connectivity index (χ0v) is 15.5. The number of ether oxygens (including phenoxy) is 1. The molecule has 0 amide bonds. The summed E-state index contributed by atoms with van der Waals surface area (Å²) in [5.74, 6) is 0.267. The molecule has 25 heavy (non-hydrogen) atoms. The lowest BCUT2D eigenvalue weighted by Crippen LogP contribution is -2.34. The number of ketones is 1. The lowest BCUT2D eigenvalue weighted by atomic mass is 10.0. The molecule has 0 spiro atoms. The largest absolute Gasteiger partial charge is 0.484 e. The highest BCUT2D eigenvalue weighted by Gasteiger charge is 2.32. The van der Waals surface area contributed by atoms with Crippen molar-refractivity contribution in [3.05, 3.63) is 58.6 Å². The molecule has 0 bridgehead atoms. The minimum atomic E-state index is -3.34. The summed E-state index contributed by atoms with van der Waals surface area (Å²) in [4.78, 5) is 12.4. The number of carbonyl (C=O) groups excluding carboxylic acids is 1. The van der Waals surface area contributed by atoms with Crippen molar-refractivity contribution >= 4 is 33.1 Å². The second-order valence-electron chi connectivity index (χ2n) is 6.10. The SMILES string of the molecule is C[C@@H]1Cc2cc(C(=O)COc3ccccc3Cl)ccc2N1S(C)(=O)=O. The molecule has 2 aromatic carbocycles. The van der Waals surface area contributed by atoms with Crippen LogP contribution in [0.3, 0.4) is 0 Å². The molecule has 1 aliphatic rings. The van der Waals surface area contributed by atoms with Crippen LogP contribution in [0.2, 0.25) is 5.02 Å². The molecule has 3 rings (SSSR count). The number of para-hydroxylation sites is 1. The van der Waals surface area contributed by atoms with E-state index in [0.717, 1.165) is 5.56 Å². The molecule has 0 N–H and O–H groups in total. The van der Waals surface area contributed by atoms with Crippen molar-refractivity contribution in [3.63, 3.8) is 0 Å². The molecule has 5 nitrogen and oxygen atoms in total. The van der Waals surface area contributed by atoms with Crippen molar-refractivity contribution in [1.29, 1.82) is 0 Å². The highest BCUT2D eigenvalue weighted by molar-refractivity contribution is 7.92. The minimum absolute atomic E-state index is 0.131. The van der Waals surface area contributed by atoms with Crippen molar-refractivity contribution in [1.82, 2.24) is 0 Å². The molecule has 1 heterocycles. The minimum Gasteiger partial charge on any atom is -0.484 e. The number of hydrogen-bond donors (Lipinski definition) is 0. The van der Waals surface area contributed by atoms with Crippen molar-refractivity contribution in [2.75, 3.05) is 17.2 Å². The molecule has 0 saturated heterocycles. The highest BCUT2D eigenvalue weighted by Crippen LogP contribution is 2.34. The first-order valence-corrected chi connectivity index (χ1v) is 10.0. The van der Waals surface area contributed by atoms with Gasteiger partial charge in [0.2, 0.25) is 10.0 Å². The molecule has 2 aromatic rings. The number of carbonyl (C=O) groups is 1. The van der Waals surface area contributed by atoms with E-state index in [0.29, 0.717) is 28.4 Å². The van der Waals surface area contributed by atoms with Gasteiger partial charge in [0.05, 0.1) is 17.0 Å². The van der Waals surface area contributed by atoms with Gasteiger partial charge in [0.15, 0.2) is 12.4 Å².